The molecule has 3 heterocycles. The number of likely N-dealkylation sites (tertiary alicyclic amines) is 1. The molecule has 2 N–H and O–H groups in total. The van der Waals surface area contributed by atoms with Crippen LogP contribution in [-0.4, -0.2) is 38.6 Å². The Morgan fingerprint density at radius 3 is 2.67 bits per heavy atom. The molecule has 0 bridgehead atoms. The Morgan fingerprint density at radius 2 is 2.00 bits per heavy atom. The monoisotopic (exact) mass is 287 g/mol. The Bertz CT molecular complexity index is 596. The summed E-state index contributed by atoms with van der Waals surface area (Å²) in [6, 6.07) is 6.71. The lowest BCUT2D eigenvalue weighted by molar-refractivity contribution is 0.148. The second-order valence-electron chi connectivity index (χ2n) is 6.31. The molecule has 5 nitrogen and oxygen atoms in total. The van der Waals surface area contributed by atoms with Crippen molar-refractivity contribution in [2.75, 3.05) is 13.1 Å². The SMILES string of the molecule is CC(C)N1CCC(Cc2nnc3cccc(CN)n23)CC1. The van der Waals surface area contributed by atoms with Gasteiger partial charge in [0.05, 0.1) is 0 Å². The highest BCUT2D eigenvalue weighted by Crippen LogP contribution is 2.23. The highest BCUT2D eigenvalue weighted by Gasteiger charge is 2.22. The fraction of sp³-hybridized carbons (Fsp3) is 0.625. The molecule has 21 heavy (non-hydrogen) atoms. The molecule has 0 atom stereocenters. The summed E-state index contributed by atoms with van der Waals surface area (Å²) in [6.07, 6.45) is 3.50. The van der Waals surface area contributed by atoms with Gasteiger partial charge in [0.25, 0.3) is 0 Å². The van der Waals surface area contributed by atoms with Crippen molar-refractivity contribution < 1.29 is 0 Å². The molecule has 0 radical (unpaired) electrons. The molecule has 1 fully saturated rings. The summed E-state index contributed by atoms with van der Waals surface area (Å²) in [4.78, 5) is 2.56. The predicted octanol–water partition coefficient (Wildman–Crippen LogP) is 1.85. The highest BCUT2D eigenvalue weighted by atomic mass is 15.3. The van der Waals surface area contributed by atoms with E-state index in [9.17, 15) is 0 Å². The molecule has 1 aliphatic rings. The van der Waals surface area contributed by atoms with Crippen LogP contribution >= 0.6 is 0 Å². The molecule has 114 valence electrons. The fourth-order valence-corrected chi connectivity index (χ4v) is 3.29. The maximum atomic E-state index is 5.85. The number of hydrogen-bond acceptors (Lipinski definition) is 4. The third kappa shape index (κ3) is 2.94. The van der Waals surface area contributed by atoms with Crippen LogP contribution in [0.3, 0.4) is 0 Å². The summed E-state index contributed by atoms with van der Waals surface area (Å²) in [5.41, 5.74) is 7.85. The quantitative estimate of drug-likeness (QED) is 0.932. The molecule has 2 aromatic rings. The topological polar surface area (TPSA) is 59.5 Å². The van der Waals surface area contributed by atoms with E-state index in [1.807, 2.05) is 12.1 Å². The van der Waals surface area contributed by atoms with Crippen LogP contribution in [0.5, 0.6) is 0 Å². The first-order valence-corrected chi connectivity index (χ1v) is 7.95. The first-order valence-electron chi connectivity index (χ1n) is 7.95. The van der Waals surface area contributed by atoms with E-state index in [1.165, 1.54) is 25.9 Å². The van der Waals surface area contributed by atoms with Crippen LogP contribution in [0.4, 0.5) is 0 Å². The largest absolute Gasteiger partial charge is 0.325 e. The third-order valence-electron chi connectivity index (χ3n) is 4.64. The van der Waals surface area contributed by atoms with Crippen LogP contribution in [0.1, 0.15) is 38.2 Å². The van der Waals surface area contributed by atoms with Crippen LogP contribution in [0.25, 0.3) is 5.65 Å². The summed E-state index contributed by atoms with van der Waals surface area (Å²) in [7, 11) is 0. The van der Waals surface area contributed by atoms with E-state index >= 15 is 0 Å². The van der Waals surface area contributed by atoms with Gasteiger partial charge in [-0.25, -0.2) is 0 Å². The van der Waals surface area contributed by atoms with E-state index in [0.29, 0.717) is 18.5 Å². The number of nitrogens with zero attached hydrogens (tertiary/aromatic N) is 4. The summed E-state index contributed by atoms with van der Waals surface area (Å²) in [6.45, 7) is 7.47. The Hall–Kier alpha value is -1.46. The normalized spacial score (nSPS) is 17.9. The summed E-state index contributed by atoms with van der Waals surface area (Å²) in [5.74, 6) is 1.77. The van der Waals surface area contributed by atoms with Crippen molar-refractivity contribution in [2.45, 2.75) is 45.7 Å². The molecule has 3 rings (SSSR count). The van der Waals surface area contributed by atoms with Gasteiger partial charge in [-0.15, -0.1) is 10.2 Å². The van der Waals surface area contributed by atoms with Crippen molar-refractivity contribution in [3.63, 3.8) is 0 Å². The van der Waals surface area contributed by atoms with E-state index in [4.69, 9.17) is 5.73 Å². The third-order valence-corrected chi connectivity index (χ3v) is 4.64. The number of hydrogen-bond donors (Lipinski definition) is 1. The zero-order chi connectivity index (χ0) is 14.8. The standard InChI is InChI=1S/C16H25N5/c1-12(2)20-8-6-13(7-9-20)10-16-19-18-15-5-3-4-14(11-17)21(15)16/h3-5,12-13H,6-11,17H2,1-2H3. The summed E-state index contributed by atoms with van der Waals surface area (Å²) >= 11 is 0. The molecular weight excluding hydrogens is 262 g/mol. The van der Waals surface area contributed by atoms with Crippen molar-refractivity contribution in [3.05, 3.63) is 29.7 Å². The van der Waals surface area contributed by atoms with E-state index in [-0.39, 0.29) is 0 Å². The van der Waals surface area contributed by atoms with Gasteiger partial charge in [0.2, 0.25) is 0 Å². The smallest absolute Gasteiger partial charge is 0.161 e. The molecule has 5 heteroatoms. The zero-order valence-electron chi connectivity index (χ0n) is 13.0. The molecule has 0 aromatic carbocycles. The van der Waals surface area contributed by atoms with Crippen LogP contribution < -0.4 is 5.73 Å². The number of fused-ring (bicyclic) bond motifs is 1. The lowest BCUT2D eigenvalue weighted by Crippen LogP contribution is -2.39. The molecule has 0 aliphatic carbocycles. The van der Waals surface area contributed by atoms with Gasteiger partial charge < -0.3 is 10.6 Å². The molecule has 0 saturated carbocycles. The maximum absolute atomic E-state index is 5.85. The molecule has 0 unspecified atom stereocenters. The van der Waals surface area contributed by atoms with Gasteiger partial charge in [0.1, 0.15) is 5.82 Å². The predicted molar refractivity (Wildman–Crippen MR) is 84.0 cm³/mol. The molecule has 0 spiro atoms. The number of nitrogens with two attached hydrogens (primary N) is 1. The van der Waals surface area contributed by atoms with Crippen molar-refractivity contribution in [1.29, 1.82) is 0 Å². The first-order chi connectivity index (χ1) is 10.2. The van der Waals surface area contributed by atoms with E-state index < -0.39 is 0 Å². The Kier molecular flexibility index (Phi) is 4.22. The van der Waals surface area contributed by atoms with Gasteiger partial charge in [-0.1, -0.05) is 6.07 Å². The van der Waals surface area contributed by atoms with Gasteiger partial charge in [0.15, 0.2) is 5.65 Å². The minimum absolute atomic E-state index is 0.522. The van der Waals surface area contributed by atoms with Crippen molar-refractivity contribution in [2.24, 2.45) is 11.7 Å². The average Bonchev–Trinajstić information content (AvgIpc) is 2.91. The van der Waals surface area contributed by atoms with Crippen LogP contribution in [-0.2, 0) is 13.0 Å². The van der Waals surface area contributed by atoms with Gasteiger partial charge in [-0.2, -0.15) is 0 Å². The van der Waals surface area contributed by atoms with E-state index in [1.54, 1.807) is 0 Å². The molecule has 2 aromatic heterocycles. The second-order valence-corrected chi connectivity index (χ2v) is 6.31. The lowest BCUT2D eigenvalue weighted by atomic mass is 9.92. The highest BCUT2D eigenvalue weighted by molar-refractivity contribution is 5.40. The van der Waals surface area contributed by atoms with Crippen molar-refractivity contribution >= 4 is 5.65 Å². The van der Waals surface area contributed by atoms with Gasteiger partial charge in [0, 0.05) is 24.7 Å². The van der Waals surface area contributed by atoms with Gasteiger partial charge in [-0.3, -0.25) is 4.40 Å². The minimum atomic E-state index is 0.522. The molecular formula is C16H25N5. The Morgan fingerprint density at radius 1 is 1.24 bits per heavy atom. The molecule has 1 saturated heterocycles. The fourth-order valence-electron chi connectivity index (χ4n) is 3.29. The van der Waals surface area contributed by atoms with Crippen molar-refractivity contribution in [1.82, 2.24) is 19.5 Å². The van der Waals surface area contributed by atoms with Crippen LogP contribution in [0, 0.1) is 5.92 Å². The lowest BCUT2D eigenvalue weighted by Gasteiger charge is -2.34. The number of piperidine rings is 1. The van der Waals surface area contributed by atoms with Crippen LogP contribution in [0.2, 0.25) is 0 Å². The van der Waals surface area contributed by atoms with E-state index in [0.717, 1.165) is 23.6 Å². The average molecular weight is 287 g/mol. The second kappa shape index (κ2) is 6.12. The Balaban J connectivity index is 1.74. The zero-order valence-corrected chi connectivity index (χ0v) is 13.0. The van der Waals surface area contributed by atoms with E-state index in [2.05, 4.69) is 39.4 Å². The first kappa shape index (κ1) is 14.5. The minimum Gasteiger partial charge on any atom is -0.325 e. The Labute approximate surface area is 126 Å². The maximum Gasteiger partial charge on any atom is 0.161 e. The van der Waals surface area contributed by atoms with Crippen molar-refractivity contribution in [3.8, 4) is 0 Å². The molecule has 0 amide bonds. The van der Waals surface area contributed by atoms with Gasteiger partial charge in [-0.05, 0) is 57.8 Å². The van der Waals surface area contributed by atoms with Gasteiger partial charge >= 0.3 is 0 Å². The number of rotatable bonds is 4. The summed E-state index contributed by atoms with van der Waals surface area (Å²) < 4.78 is 2.13. The molecule has 1 aliphatic heterocycles. The number of aromatic nitrogens is 3. The summed E-state index contributed by atoms with van der Waals surface area (Å²) in [5, 5.41) is 8.68. The van der Waals surface area contributed by atoms with Crippen LogP contribution in [0.15, 0.2) is 18.2 Å². The number of pyridine rings is 1.